The Balaban J connectivity index is 2.71. The van der Waals surface area contributed by atoms with Gasteiger partial charge in [-0.2, -0.15) is 0 Å². The number of hydrogen-bond acceptors (Lipinski definition) is 4. The monoisotopic (exact) mass is 232 g/mol. The molecule has 0 spiro atoms. The first-order chi connectivity index (χ1) is 7.20. The van der Waals surface area contributed by atoms with Crippen molar-refractivity contribution in [2.24, 2.45) is 0 Å². The zero-order chi connectivity index (χ0) is 12.5. The van der Waals surface area contributed by atoms with Crippen LogP contribution in [0.15, 0.2) is 0 Å². The Hall–Kier alpha value is -1.50. The second kappa shape index (κ2) is 4.17. The van der Waals surface area contributed by atoms with Crippen LogP contribution in [0.4, 0.5) is 9.59 Å². The number of nitrogens with zero attached hydrogens (tertiary/aromatic N) is 2. The number of carbonyl (C=O) groups is 2. The molecule has 92 valence electrons. The molecule has 0 aromatic carbocycles. The molecule has 16 heavy (non-hydrogen) atoms. The molecule has 1 unspecified atom stereocenters. The van der Waals surface area contributed by atoms with Gasteiger partial charge in [-0.15, -0.1) is 0 Å². The highest BCUT2D eigenvalue weighted by Gasteiger charge is 2.38. The number of aliphatic hydroxyl groups excluding tert-OH is 1. The normalized spacial score (nSPS) is 21.1. The molecule has 2 amide bonds. The lowest BCUT2D eigenvalue weighted by Gasteiger charge is -2.28. The fourth-order valence-electron chi connectivity index (χ4n) is 1.32. The molecule has 7 nitrogen and oxygen atoms in total. The molecular weight excluding hydrogens is 216 g/mol. The third-order valence-electron chi connectivity index (χ3n) is 1.88. The van der Waals surface area contributed by atoms with E-state index in [2.05, 4.69) is 0 Å². The maximum absolute atomic E-state index is 11.6. The van der Waals surface area contributed by atoms with E-state index >= 15 is 0 Å². The van der Waals surface area contributed by atoms with Gasteiger partial charge in [-0.3, -0.25) is 0 Å². The summed E-state index contributed by atoms with van der Waals surface area (Å²) in [6.07, 6.45) is -2.93. The van der Waals surface area contributed by atoms with Crippen molar-refractivity contribution >= 4 is 12.2 Å². The Morgan fingerprint density at radius 1 is 1.25 bits per heavy atom. The third kappa shape index (κ3) is 2.99. The van der Waals surface area contributed by atoms with Crippen molar-refractivity contribution in [1.82, 2.24) is 10.0 Å². The summed E-state index contributed by atoms with van der Waals surface area (Å²) >= 11 is 0. The molecule has 1 aliphatic heterocycles. The number of hydrogen-bond donors (Lipinski definition) is 2. The summed E-state index contributed by atoms with van der Waals surface area (Å²) in [5.41, 5.74) is -0.700. The topological polar surface area (TPSA) is 90.3 Å². The number of β-amino-alcohol motifs (C(OH)–C–C–N with tert-alkyl or cyclic N) is 1. The standard InChI is InChI=1S/C9H16N2O5/c1-9(2,3)16-8(15)11-5-6(12)4-10(11)7(13)14/h6,12H,4-5H2,1-3H3,(H,13,14). The summed E-state index contributed by atoms with van der Waals surface area (Å²) in [6.45, 7) is 4.86. The molecule has 1 heterocycles. The van der Waals surface area contributed by atoms with E-state index in [0.717, 1.165) is 10.0 Å². The highest BCUT2D eigenvalue weighted by atomic mass is 16.6. The van der Waals surface area contributed by atoms with Crippen LogP contribution < -0.4 is 0 Å². The molecule has 0 bridgehead atoms. The van der Waals surface area contributed by atoms with Crippen molar-refractivity contribution in [3.63, 3.8) is 0 Å². The van der Waals surface area contributed by atoms with Crippen molar-refractivity contribution < 1.29 is 24.5 Å². The zero-order valence-corrected chi connectivity index (χ0v) is 9.51. The fraction of sp³-hybridized carbons (Fsp3) is 0.778. The zero-order valence-electron chi connectivity index (χ0n) is 9.51. The number of ether oxygens (including phenoxy) is 1. The van der Waals surface area contributed by atoms with E-state index in [1.165, 1.54) is 0 Å². The minimum atomic E-state index is -1.29. The van der Waals surface area contributed by atoms with E-state index in [1.54, 1.807) is 20.8 Å². The predicted molar refractivity (Wildman–Crippen MR) is 53.7 cm³/mol. The summed E-state index contributed by atoms with van der Waals surface area (Å²) in [5.74, 6) is 0. The van der Waals surface area contributed by atoms with E-state index in [0.29, 0.717) is 0 Å². The number of carbonyl (C=O) groups excluding carboxylic acids is 1. The minimum Gasteiger partial charge on any atom is -0.464 e. The van der Waals surface area contributed by atoms with Gasteiger partial charge in [0.25, 0.3) is 0 Å². The maximum Gasteiger partial charge on any atom is 0.429 e. The van der Waals surface area contributed by atoms with Gasteiger partial charge < -0.3 is 14.9 Å². The minimum absolute atomic E-state index is 0.0682. The molecule has 1 rings (SSSR count). The van der Waals surface area contributed by atoms with Crippen LogP contribution in [-0.4, -0.2) is 57.2 Å². The summed E-state index contributed by atoms with van der Waals surface area (Å²) in [6, 6.07) is 0. The molecule has 1 fully saturated rings. The number of hydrazine groups is 1. The third-order valence-corrected chi connectivity index (χ3v) is 1.88. The molecular formula is C9H16N2O5. The van der Waals surface area contributed by atoms with Crippen molar-refractivity contribution in [2.45, 2.75) is 32.5 Å². The fourth-order valence-corrected chi connectivity index (χ4v) is 1.32. The molecule has 1 saturated heterocycles. The van der Waals surface area contributed by atoms with Crippen LogP contribution in [0.3, 0.4) is 0 Å². The highest BCUT2D eigenvalue weighted by molar-refractivity contribution is 5.74. The van der Waals surface area contributed by atoms with Gasteiger partial charge >= 0.3 is 12.2 Å². The van der Waals surface area contributed by atoms with E-state index < -0.39 is 23.9 Å². The Labute approximate surface area is 93.2 Å². The Morgan fingerprint density at radius 2 is 1.75 bits per heavy atom. The lowest BCUT2D eigenvalue weighted by molar-refractivity contribution is -0.0196. The van der Waals surface area contributed by atoms with Gasteiger partial charge in [-0.25, -0.2) is 19.6 Å². The molecule has 2 N–H and O–H groups in total. The molecule has 7 heteroatoms. The number of amides is 2. The molecule has 0 aromatic heterocycles. The van der Waals surface area contributed by atoms with E-state index in [4.69, 9.17) is 9.84 Å². The van der Waals surface area contributed by atoms with Gasteiger partial charge in [0.1, 0.15) is 5.60 Å². The van der Waals surface area contributed by atoms with Gasteiger partial charge in [-0.05, 0) is 20.8 Å². The van der Waals surface area contributed by atoms with Crippen LogP contribution >= 0.6 is 0 Å². The smallest absolute Gasteiger partial charge is 0.429 e. The van der Waals surface area contributed by atoms with Crippen molar-refractivity contribution in [3.8, 4) is 0 Å². The van der Waals surface area contributed by atoms with Crippen molar-refractivity contribution in [2.75, 3.05) is 13.1 Å². The molecule has 1 aliphatic rings. The Morgan fingerprint density at radius 3 is 2.19 bits per heavy atom. The van der Waals surface area contributed by atoms with Crippen molar-refractivity contribution in [3.05, 3.63) is 0 Å². The lowest BCUT2D eigenvalue weighted by Crippen LogP contribution is -2.46. The highest BCUT2D eigenvalue weighted by Crippen LogP contribution is 2.16. The largest absolute Gasteiger partial charge is 0.464 e. The van der Waals surface area contributed by atoms with Crippen LogP contribution in [0.25, 0.3) is 0 Å². The SMILES string of the molecule is CC(C)(C)OC(=O)N1CC(O)CN1C(=O)O. The summed E-state index contributed by atoms with van der Waals surface area (Å²) < 4.78 is 5.02. The van der Waals surface area contributed by atoms with E-state index in [1.807, 2.05) is 0 Å². The van der Waals surface area contributed by atoms with Crippen LogP contribution in [0.1, 0.15) is 20.8 Å². The molecule has 1 atom stereocenters. The van der Waals surface area contributed by atoms with Crippen LogP contribution in [0, 0.1) is 0 Å². The first-order valence-corrected chi connectivity index (χ1v) is 4.89. The summed E-state index contributed by atoms with van der Waals surface area (Å²) in [5, 5.41) is 19.8. The second-order valence-electron chi connectivity index (χ2n) is 4.58. The summed E-state index contributed by atoms with van der Waals surface area (Å²) in [4.78, 5) is 22.4. The predicted octanol–water partition coefficient (Wildman–Crippen LogP) is 0.493. The van der Waals surface area contributed by atoms with Crippen LogP contribution in [0.5, 0.6) is 0 Å². The van der Waals surface area contributed by atoms with Crippen LogP contribution in [-0.2, 0) is 4.74 Å². The number of rotatable bonds is 0. The first-order valence-electron chi connectivity index (χ1n) is 4.89. The molecule has 0 saturated carbocycles. The average Bonchev–Trinajstić information content (AvgIpc) is 2.44. The average molecular weight is 232 g/mol. The quantitative estimate of drug-likeness (QED) is 0.634. The van der Waals surface area contributed by atoms with Gasteiger partial charge in [0.15, 0.2) is 0 Å². The number of aliphatic hydroxyl groups is 1. The Kier molecular flexibility index (Phi) is 3.27. The first kappa shape index (κ1) is 12.6. The van der Waals surface area contributed by atoms with Gasteiger partial charge in [-0.1, -0.05) is 0 Å². The van der Waals surface area contributed by atoms with Gasteiger partial charge in [0.05, 0.1) is 19.2 Å². The maximum atomic E-state index is 11.6. The molecule has 0 radical (unpaired) electrons. The van der Waals surface area contributed by atoms with Gasteiger partial charge in [0, 0.05) is 0 Å². The molecule has 0 aromatic rings. The number of carboxylic acid groups (broad SMARTS) is 1. The Bertz CT molecular complexity index is 299. The van der Waals surface area contributed by atoms with E-state index in [-0.39, 0.29) is 13.1 Å². The van der Waals surface area contributed by atoms with Gasteiger partial charge in [0.2, 0.25) is 0 Å². The van der Waals surface area contributed by atoms with E-state index in [9.17, 15) is 14.7 Å². The van der Waals surface area contributed by atoms with Crippen LogP contribution in [0.2, 0.25) is 0 Å². The molecule has 0 aliphatic carbocycles. The second-order valence-corrected chi connectivity index (χ2v) is 4.58. The van der Waals surface area contributed by atoms with Crippen molar-refractivity contribution in [1.29, 1.82) is 0 Å². The summed E-state index contributed by atoms with van der Waals surface area (Å²) in [7, 11) is 0. The lowest BCUT2D eigenvalue weighted by atomic mass is 10.2.